The normalized spacial score (nSPS) is 12.3. The number of fused-ring (bicyclic) bond motifs is 17. The zero-order valence-electron chi connectivity index (χ0n) is 55.4. The average molecular weight is 1340 g/mol. The first kappa shape index (κ1) is 57.5. The summed E-state index contributed by atoms with van der Waals surface area (Å²) in [4.78, 5) is 24.4. The van der Waals surface area contributed by atoms with E-state index in [0.717, 1.165) is 206 Å². The zero-order chi connectivity index (χ0) is 68.1. The molecule has 486 valence electrons. The van der Waals surface area contributed by atoms with Gasteiger partial charge >= 0.3 is 0 Å². The van der Waals surface area contributed by atoms with Crippen molar-refractivity contribution in [2.45, 2.75) is 0 Å². The van der Waals surface area contributed by atoms with Crippen LogP contribution < -0.4 is 14.5 Å². The van der Waals surface area contributed by atoms with Gasteiger partial charge in [0, 0.05) is 105 Å². The van der Waals surface area contributed by atoms with E-state index < -0.39 is 0 Å². The molecular weight excluding hydrogens is 1280 g/mol. The van der Waals surface area contributed by atoms with E-state index in [0.29, 0.717) is 5.82 Å². The van der Waals surface area contributed by atoms with Crippen LogP contribution in [-0.4, -0.2) is 29.1 Å². The minimum Gasteiger partial charge on any atom is -0.456 e. The van der Waals surface area contributed by atoms with Crippen LogP contribution >= 0.6 is 0 Å². The van der Waals surface area contributed by atoms with Crippen molar-refractivity contribution in [1.29, 1.82) is 0 Å². The molecule has 0 radical (unpaired) electrons. The second kappa shape index (κ2) is 22.6. The van der Waals surface area contributed by atoms with Gasteiger partial charge < -0.3 is 32.4 Å². The first-order valence-corrected chi connectivity index (χ1v) is 34.7. The summed E-state index contributed by atoms with van der Waals surface area (Å²) in [7, 11) is 0. The van der Waals surface area contributed by atoms with Crippen molar-refractivity contribution in [2.75, 3.05) is 9.80 Å². The number of benzene rings is 14. The minimum absolute atomic E-state index is 0.711. The van der Waals surface area contributed by atoms with Crippen molar-refractivity contribution < 1.29 is 18.0 Å². The fourth-order valence-electron chi connectivity index (χ4n) is 15.8. The third kappa shape index (κ3) is 9.05. The molecule has 21 aromatic rings. The zero-order valence-corrected chi connectivity index (χ0v) is 55.4. The number of furan rings is 3. The van der Waals surface area contributed by atoms with E-state index in [4.69, 9.17) is 32.9 Å². The number of rotatable bonds is 10. The van der Waals surface area contributed by atoms with Gasteiger partial charge in [-0.2, -0.15) is 0 Å². The number of aromatic nitrogens is 6. The quantitative estimate of drug-likeness (QED) is 0.131. The molecule has 104 heavy (non-hydrogen) atoms. The molecule has 0 bridgehead atoms. The van der Waals surface area contributed by atoms with Gasteiger partial charge in [-0.25, -0.2) is 9.97 Å². The Morgan fingerprint density at radius 3 is 1.44 bits per heavy atom. The largest absolute Gasteiger partial charge is 0.456 e. The van der Waals surface area contributed by atoms with Crippen LogP contribution in [0.1, 0.15) is 0 Å². The van der Waals surface area contributed by atoms with Gasteiger partial charge in [0.1, 0.15) is 33.5 Å². The lowest BCUT2D eigenvalue weighted by atomic mass is 10.0. The molecule has 1 aliphatic rings. The molecule has 0 unspecified atom stereocenters. The molecular formula is C92H54N8O4. The summed E-state index contributed by atoms with van der Waals surface area (Å²) in [5.74, 6) is 2.30. The van der Waals surface area contributed by atoms with Gasteiger partial charge in [0.2, 0.25) is 0 Å². The smallest absolute Gasteiger partial charge is 0.156 e. The number of para-hydroxylation sites is 6. The van der Waals surface area contributed by atoms with Gasteiger partial charge in [0.25, 0.3) is 0 Å². The van der Waals surface area contributed by atoms with E-state index in [1.165, 1.54) is 0 Å². The average Bonchev–Trinajstić information content (AvgIpc) is 1.58. The van der Waals surface area contributed by atoms with Crippen molar-refractivity contribution in [3.63, 3.8) is 0 Å². The summed E-state index contributed by atoms with van der Waals surface area (Å²) in [6.45, 7) is 0. The molecule has 0 atom stereocenters. The van der Waals surface area contributed by atoms with Crippen molar-refractivity contribution in [1.82, 2.24) is 29.1 Å². The van der Waals surface area contributed by atoms with E-state index in [-0.39, 0.29) is 0 Å². The minimum atomic E-state index is 0.711. The SMILES string of the molecule is c1ccc(-c2cnc(-n3c4ccc(N(c5ccc(-c6ccc7c(c6)oc6cc8c9cc(N%10c%11ccccc%11Oc%11ccccc%11%10)ccc9n(-c9ccc(-c%10cncc(-c%11ccccc%11)n%10)cc9)c8cc67)cc5)c5ccc6c(c5)oc5ccccc56)cc4c4cc5oc6ccccc6c5cc43)cn2)cc1. The molecule has 0 spiro atoms. The van der Waals surface area contributed by atoms with Crippen molar-refractivity contribution >= 4 is 144 Å². The lowest BCUT2D eigenvalue weighted by molar-refractivity contribution is 0.477. The van der Waals surface area contributed by atoms with Gasteiger partial charge in [0.05, 0.1) is 75.3 Å². The van der Waals surface area contributed by atoms with Gasteiger partial charge in [-0.05, 0) is 157 Å². The van der Waals surface area contributed by atoms with Crippen molar-refractivity contribution in [3.05, 3.63) is 328 Å². The van der Waals surface area contributed by atoms with Gasteiger partial charge in [-0.1, -0.05) is 152 Å². The number of hydrogen-bond acceptors (Lipinski definition) is 10. The third-order valence-electron chi connectivity index (χ3n) is 20.7. The summed E-state index contributed by atoms with van der Waals surface area (Å²) in [5, 5.41) is 10.5. The summed E-state index contributed by atoms with van der Waals surface area (Å²) >= 11 is 0. The molecule has 0 saturated carbocycles. The highest BCUT2D eigenvalue weighted by molar-refractivity contribution is 6.20. The maximum atomic E-state index is 7.04. The molecule has 0 aliphatic carbocycles. The van der Waals surface area contributed by atoms with Gasteiger partial charge in [-0.3, -0.25) is 14.5 Å². The molecule has 22 rings (SSSR count). The fourth-order valence-corrected chi connectivity index (χ4v) is 15.8. The molecule has 0 saturated heterocycles. The van der Waals surface area contributed by atoms with Crippen LogP contribution in [0.4, 0.5) is 34.1 Å². The lowest BCUT2D eigenvalue weighted by Crippen LogP contribution is -2.15. The van der Waals surface area contributed by atoms with E-state index in [9.17, 15) is 0 Å². The van der Waals surface area contributed by atoms with E-state index in [2.05, 4.69) is 242 Å². The number of hydrogen-bond donors (Lipinski definition) is 0. The number of anilines is 6. The summed E-state index contributed by atoms with van der Waals surface area (Å²) in [6, 6.07) is 106. The van der Waals surface area contributed by atoms with Crippen LogP contribution in [0.25, 0.3) is 166 Å². The highest BCUT2D eigenvalue weighted by Gasteiger charge is 2.28. The predicted octanol–water partition coefficient (Wildman–Crippen LogP) is 24.9. The molecule has 0 amide bonds. The molecule has 12 nitrogen and oxygen atoms in total. The molecule has 12 heteroatoms. The topological polar surface area (TPSA) is 117 Å². The van der Waals surface area contributed by atoms with Crippen LogP contribution in [0.2, 0.25) is 0 Å². The first-order valence-electron chi connectivity index (χ1n) is 34.7. The van der Waals surface area contributed by atoms with Crippen molar-refractivity contribution in [2.24, 2.45) is 0 Å². The summed E-state index contributed by atoms with van der Waals surface area (Å²) in [6.07, 6.45) is 7.39. The van der Waals surface area contributed by atoms with Crippen LogP contribution in [0.15, 0.2) is 341 Å². The molecule has 7 aromatic heterocycles. The molecule has 8 heterocycles. The fraction of sp³-hybridized carbons (Fsp3) is 0. The molecule has 1 aliphatic heterocycles. The Morgan fingerprint density at radius 1 is 0.269 bits per heavy atom. The van der Waals surface area contributed by atoms with Gasteiger partial charge in [-0.15, -0.1) is 0 Å². The number of ether oxygens (including phenoxy) is 1. The molecule has 0 fully saturated rings. The third-order valence-corrected chi connectivity index (χ3v) is 20.7. The van der Waals surface area contributed by atoms with E-state index >= 15 is 0 Å². The Morgan fingerprint density at radius 2 is 0.750 bits per heavy atom. The highest BCUT2D eigenvalue weighted by Crippen LogP contribution is 2.52. The Labute approximate surface area is 593 Å². The van der Waals surface area contributed by atoms with Crippen molar-refractivity contribution in [3.8, 4) is 67.9 Å². The highest BCUT2D eigenvalue weighted by atomic mass is 16.5. The Bertz CT molecular complexity index is 7030. The standard InChI is InChI=1S/C92H54N8O4/c1-3-15-56(16-4-1)75-53-95-92(54-94-75)100-79-42-37-62(44-70(79)72-50-90-73(48-83(72)100)66-20-8-12-24-85(66)102-90)97(64-36-40-67-65-19-7-11-23-84(65)101-89(67)46-64)60-32-27-55(28-33-60)59-31-39-68-74-47-82-71(49-91(74)104-88(68)43-59)69-45-63(99-80-21-9-13-25-86(80)103-87-26-14-10-22-81(87)99)38-41-78(69)98(82)61-34-29-58(30-35-61)77-52-93-51-76(96-77)57-17-5-2-6-18-57/h1-54H. The lowest BCUT2D eigenvalue weighted by Gasteiger charge is -2.32. The van der Waals surface area contributed by atoms with Gasteiger partial charge in [0.15, 0.2) is 17.3 Å². The maximum Gasteiger partial charge on any atom is 0.156 e. The van der Waals surface area contributed by atoms with E-state index in [1.54, 1.807) is 0 Å². The summed E-state index contributed by atoms with van der Waals surface area (Å²) < 4.78 is 31.3. The Balaban J connectivity index is 0.668. The molecule has 0 N–H and O–H groups in total. The Kier molecular flexibility index (Phi) is 12.5. The second-order valence-corrected chi connectivity index (χ2v) is 26.6. The van der Waals surface area contributed by atoms with Crippen LogP contribution in [0, 0.1) is 0 Å². The second-order valence-electron chi connectivity index (χ2n) is 26.6. The maximum absolute atomic E-state index is 7.04. The summed E-state index contributed by atoms with van der Waals surface area (Å²) in [5.41, 5.74) is 23.3. The number of nitrogens with zero attached hydrogens (tertiary/aromatic N) is 8. The molecule has 14 aromatic carbocycles. The van der Waals surface area contributed by atoms with Crippen LogP contribution in [0.5, 0.6) is 11.5 Å². The van der Waals surface area contributed by atoms with Crippen LogP contribution in [-0.2, 0) is 0 Å². The first-order chi connectivity index (χ1) is 51.5. The predicted molar refractivity (Wildman–Crippen MR) is 419 cm³/mol. The monoisotopic (exact) mass is 1330 g/mol. The van der Waals surface area contributed by atoms with E-state index in [1.807, 2.05) is 110 Å². The Hall–Kier alpha value is -14.4. The van der Waals surface area contributed by atoms with Crippen LogP contribution in [0.3, 0.4) is 0 Å².